The molecule has 0 saturated carbocycles. The Morgan fingerprint density at radius 2 is 1.21 bits per heavy atom. The first kappa shape index (κ1) is 29.7. The van der Waals surface area contributed by atoms with Crippen LogP contribution in [0, 0.1) is 0 Å². The van der Waals surface area contributed by atoms with Crippen molar-refractivity contribution in [1.82, 2.24) is 15.3 Å². The number of fused-ring (bicyclic) bond motifs is 10. The third-order valence-electron chi connectivity index (χ3n) is 10.7. The van der Waals surface area contributed by atoms with E-state index < -0.39 is 0 Å². The molecule has 0 fully saturated rings. The molecule has 11 rings (SSSR count). The van der Waals surface area contributed by atoms with Crippen molar-refractivity contribution in [2.45, 2.75) is 6.04 Å². The molecule has 6 aromatic carbocycles. The van der Waals surface area contributed by atoms with Crippen molar-refractivity contribution < 1.29 is 4.42 Å². The van der Waals surface area contributed by atoms with E-state index in [4.69, 9.17) is 14.4 Å². The van der Waals surface area contributed by atoms with Gasteiger partial charge in [-0.2, -0.15) is 0 Å². The molecule has 248 valence electrons. The van der Waals surface area contributed by atoms with E-state index in [0.29, 0.717) is 0 Å². The van der Waals surface area contributed by atoms with Crippen LogP contribution in [0.15, 0.2) is 180 Å². The number of pyridine rings is 2. The van der Waals surface area contributed by atoms with E-state index in [-0.39, 0.29) is 6.04 Å². The van der Waals surface area contributed by atoms with Gasteiger partial charge in [-0.15, -0.1) is 0 Å². The van der Waals surface area contributed by atoms with Crippen molar-refractivity contribution in [3.05, 3.63) is 192 Å². The van der Waals surface area contributed by atoms with Crippen molar-refractivity contribution in [3.63, 3.8) is 0 Å². The molecule has 1 N–H and O–H groups in total. The molecule has 1 atom stereocenters. The van der Waals surface area contributed by atoms with E-state index in [1.165, 1.54) is 5.57 Å². The predicted molar refractivity (Wildman–Crippen MR) is 218 cm³/mol. The van der Waals surface area contributed by atoms with Crippen LogP contribution in [0.4, 0.5) is 0 Å². The maximum absolute atomic E-state index is 6.96. The number of nitrogens with zero attached hydrogens (tertiary/aromatic N) is 2. The van der Waals surface area contributed by atoms with Crippen molar-refractivity contribution in [2.75, 3.05) is 0 Å². The Kier molecular flexibility index (Phi) is 6.58. The molecular formula is C49H31N3O. The van der Waals surface area contributed by atoms with Gasteiger partial charge < -0.3 is 9.73 Å². The smallest absolute Gasteiger partial charge is 0.144 e. The standard InChI is InChI=1S/C49H31N3O/c1-3-10-31(11-4-1)41-28-24-34-22-23-35-25-29-42(51-47(35)46(34)50-41)32-20-18-30(19-21-32)36-15-9-16-37-38-26-27-40-44(49(38)53-48(36)37)39-14-7-8-17-43(39)52-45(40)33-12-5-2-6-13-33/h1-29,47,51H. The summed E-state index contributed by atoms with van der Waals surface area (Å²) in [7, 11) is 0. The SMILES string of the molecule is C1=Cc2ccc(-c3ccccc3)nc2C2NC(c3ccc(-c4cccc5c4oc4c5ccc5c(-c6ccccc6)nc6ccccc6c54)cc3)=CC=C12. The number of dihydropyridines is 1. The van der Waals surface area contributed by atoms with Gasteiger partial charge in [0.15, 0.2) is 0 Å². The van der Waals surface area contributed by atoms with Gasteiger partial charge in [0.25, 0.3) is 0 Å². The molecule has 0 saturated heterocycles. The Labute approximate surface area is 306 Å². The summed E-state index contributed by atoms with van der Waals surface area (Å²) in [6.45, 7) is 0. The highest BCUT2D eigenvalue weighted by molar-refractivity contribution is 6.25. The summed E-state index contributed by atoms with van der Waals surface area (Å²) in [6.07, 6.45) is 8.74. The van der Waals surface area contributed by atoms with E-state index in [9.17, 15) is 0 Å². The minimum atomic E-state index is -0.0221. The fourth-order valence-electron chi connectivity index (χ4n) is 8.10. The highest BCUT2D eigenvalue weighted by Gasteiger charge is 2.26. The quantitative estimate of drug-likeness (QED) is 0.188. The van der Waals surface area contributed by atoms with E-state index in [2.05, 4.69) is 163 Å². The average molecular weight is 678 g/mol. The van der Waals surface area contributed by atoms with Crippen molar-refractivity contribution in [2.24, 2.45) is 0 Å². The molecule has 4 nitrogen and oxygen atoms in total. The van der Waals surface area contributed by atoms with E-state index in [1.807, 2.05) is 18.2 Å². The topological polar surface area (TPSA) is 51.0 Å². The Balaban J connectivity index is 0.981. The molecule has 4 heterocycles. The van der Waals surface area contributed by atoms with Gasteiger partial charge in [-0.3, -0.25) is 0 Å². The largest absolute Gasteiger partial charge is 0.455 e. The fraction of sp³-hybridized carbons (Fsp3) is 0.0204. The molecule has 1 aliphatic heterocycles. The highest BCUT2D eigenvalue weighted by atomic mass is 16.3. The van der Waals surface area contributed by atoms with Crippen LogP contribution in [0.5, 0.6) is 0 Å². The number of para-hydroxylation sites is 2. The number of nitrogens with one attached hydrogen (secondary N) is 1. The zero-order valence-electron chi connectivity index (χ0n) is 28.6. The average Bonchev–Trinajstić information content (AvgIpc) is 3.63. The number of aromatic nitrogens is 2. The minimum absolute atomic E-state index is 0.0221. The predicted octanol–water partition coefficient (Wildman–Crippen LogP) is 12.3. The van der Waals surface area contributed by atoms with Gasteiger partial charge >= 0.3 is 0 Å². The maximum atomic E-state index is 6.96. The number of hydrogen-bond acceptors (Lipinski definition) is 4. The van der Waals surface area contributed by atoms with Crippen LogP contribution in [-0.2, 0) is 0 Å². The van der Waals surface area contributed by atoms with E-state index >= 15 is 0 Å². The first-order valence-corrected chi connectivity index (χ1v) is 18.0. The van der Waals surface area contributed by atoms with Gasteiger partial charge in [-0.25, -0.2) is 9.97 Å². The summed E-state index contributed by atoms with van der Waals surface area (Å²) in [4.78, 5) is 10.3. The summed E-state index contributed by atoms with van der Waals surface area (Å²) < 4.78 is 6.96. The molecule has 53 heavy (non-hydrogen) atoms. The molecule has 9 aromatic rings. The molecule has 0 amide bonds. The molecule has 1 unspecified atom stereocenters. The second-order valence-electron chi connectivity index (χ2n) is 13.8. The Bertz CT molecular complexity index is 3010. The molecule has 0 radical (unpaired) electrons. The summed E-state index contributed by atoms with van der Waals surface area (Å²) >= 11 is 0. The van der Waals surface area contributed by atoms with Crippen LogP contribution < -0.4 is 5.32 Å². The minimum Gasteiger partial charge on any atom is -0.455 e. The van der Waals surface area contributed by atoms with Gasteiger partial charge in [-0.05, 0) is 46.5 Å². The van der Waals surface area contributed by atoms with Crippen LogP contribution in [0.1, 0.15) is 22.9 Å². The molecular weight excluding hydrogens is 647 g/mol. The third kappa shape index (κ3) is 4.77. The monoisotopic (exact) mass is 677 g/mol. The zero-order valence-corrected chi connectivity index (χ0v) is 28.6. The first-order chi connectivity index (χ1) is 26.3. The zero-order chi connectivity index (χ0) is 34.9. The first-order valence-electron chi connectivity index (χ1n) is 18.0. The third-order valence-corrected chi connectivity index (χ3v) is 10.7. The Morgan fingerprint density at radius 1 is 0.491 bits per heavy atom. The Morgan fingerprint density at radius 3 is 2.06 bits per heavy atom. The lowest BCUT2D eigenvalue weighted by Gasteiger charge is -2.30. The van der Waals surface area contributed by atoms with Crippen molar-refractivity contribution in [1.29, 1.82) is 0 Å². The maximum Gasteiger partial charge on any atom is 0.144 e. The molecule has 2 aliphatic rings. The van der Waals surface area contributed by atoms with E-state index in [1.54, 1.807) is 0 Å². The molecule has 1 aliphatic carbocycles. The normalized spacial score (nSPS) is 14.9. The van der Waals surface area contributed by atoms with Crippen LogP contribution in [0.2, 0.25) is 0 Å². The van der Waals surface area contributed by atoms with Gasteiger partial charge in [0.2, 0.25) is 0 Å². The highest BCUT2D eigenvalue weighted by Crippen LogP contribution is 2.43. The molecule has 0 spiro atoms. The number of allylic oxidation sites excluding steroid dienone is 2. The van der Waals surface area contributed by atoms with Gasteiger partial charge in [0.1, 0.15) is 11.2 Å². The second-order valence-corrected chi connectivity index (χ2v) is 13.8. The number of furan rings is 1. The second kappa shape index (κ2) is 11.8. The van der Waals surface area contributed by atoms with Crippen molar-refractivity contribution in [3.8, 4) is 33.6 Å². The summed E-state index contributed by atoms with van der Waals surface area (Å²) in [5.74, 6) is 0. The molecule has 3 aromatic heterocycles. The molecule has 4 heteroatoms. The number of hydrogen-bond donors (Lipinski definition) is 1. The van der Waals surface area contributed by atoms with Gasteiger partial charge in [-0.1, -0.05) is 152 Å². The van der Waals surface area contributed by atoms with Crippen LogP contribution in [0.3, 0.4) is 0 Å². The van der Waals surface area contributed by atoms with Crippen molar-refractivity contribution >= 4 is 55.4 Å². The van der Waals surface area contributed by atoms with Crippen LogP contribution in [0.25, 0.3) is 89.0 Å². The van der Waals surface area contributed by atoms with Crippen LogP contribution in [-0.4, -0.2) is 9.97 Å². The van der Waals surface area contributed by atoms with Crippen LogP contribution >= 0.6 is 0 Å². The lowest BCUT2D eigenvalue weighted by Crippen LogP contribution is -2.27. The summed E-state index contributed by atoms with van der Waals surface area (Å²) in [5, 5.41) is 9.29. The Hall–Kier alpha value is -7.04. The summed E-state index contributed by atoms with van der Waals surface area (Å²) in [5.41, 5.74) is 14.6. The number of benzene rings is 6. The lowest BCUT2D eigenvalue weighted by atomic mass is 9.89. The van der Waals surface area contributed by atoms with E-state index in [0.717, 1.165) is 99.8 Å². The fourth-order valence-corrected chi connectivity index (χ4v) is 8.10. The van der Waals surface area contributed by atoms with Gasteiger partial charge in [0, 0.05) is 49.3 Å². The number of rotatable bonds is 4. The molecule has 0 bridgehead atoms. The van der Waals surface area contributed by atoms with Gasteiger partial charge in [0.05, 0.1) is 28.6 Å². The summed E-state index contributed by atoms with van der Waals surface area (Å²) in [6, 6.07) is 53.1. The lowest BCUT2D eigenvalue weighted by molar-refractivity contribution is 0.674.